The van der Waals surface area contributed by atoms with Crippen molar-refractivity contribution in [2.24, 2.45) is 0 Å². The lowest BCUT2D eigenvalue weighted by atomic mass is 10.2. The second-order valence-electron chi connectivity index (χ2n) is 5.78. The number of thiazole rings is 1. The minimum atomic E-state index is -0.657. The molecule has 2 heterocycles. The van der Waals surface area contributed by atoms with Crippen molar-refractivity contribution in [2.75, 3.05) is 23.8 Å². The molecule has 0 saturated heterocycles. The SMILES string of the molecule is Cc1cc(NCCCC(O)CO)nnc1Nc1nc2ccccc2s1. The van der Waals surface area contributed by atoms with Gasteiger partial charge in [0, 0.05) is 6.54 Å². The zero-order valence-corrected chi connectivity index (χ0v) is 14.8. The van der Waals surface area contributed by atoms with Crippen LogP contribution in [0.5, 0.6) is 0 Å². The zero-order valence-electron chi connectivity index (χ0n) is 13.9. The van der Waals surface area contributed by atoms with Gasteiger partial charge < -0.3 is 20.8 Å². The molecule has 0 spiro atoms. The summed E-state index contributed by atoms with van der Waals surface area (Å²) in [5.74, 6) is 1.37. The number of benzene rings is 1. The number of aliphatic hydroxyl groups excluding tert-OH is 2. The zero-order chi connectivity index (χ0) is 17.6. The summed E-state index contributed by atoms with van der Waals surface area (Å²) >= 11 is 1.58. The maximum absolute atomic E-state index is 9.31. The summed E-state index contributed by atoms with van der Waals surface area (Å²) in [6, 6.07) is 9.91. The van der Waals surface area contributed by atoms with Gasteiger partial charge >= 0.3 is 0 Å². The van der Waals surface area contributed by atoms with Crippen LogP contribution in [0, 0.1) is 6.92 Å². The van der Waals surface area contributed by atoms with Gasteiger partial charge in [-0.15, -0.1) is 10.2 Å². The van der Waals surface area contributed by atoms with E-state index in [0.717, 1.165) is 27.3 Å². The Labute approximate surface area is 149 Å². The number of rotatable bonds is 8. The Balaban J connectivity index is 1.59. The molecule has 0 saturated carbocycles. The van der Waals surface area contributed by atoms with Gasteiger partial charge in [-0.2, -0.15) is 0 Å². The van der Waals surface area contributed by atoms with Crippen molar-refractivity contribution in [3.8, 4) is 0 Å². The highest BCUT2D eigenvalue weighted by Crippen LogP contribution is 2.28. The van der Waals surface area contributed by atoms with Gasteiger partial charge in [0.25, 0.3) is 0 Å². The fourth-order valence-electron chi connectivity index (χ4n) is 2.37. The first-order chi connectivity index (χ1) is 12.2. The molecule has 0 radical (unpaired) electrons. The van der Waals surface area contributed by atoms with E-state index >= 15 is 0 Å². The topological polar surface area (TPSA) is 103 Å². The minimum Gasteiger partial charge on any atom is -0.394 e. The Bertz CT molecular complexity index is 806. The Morgan fingerprint density at radius 3 is 2.84 bits per heavy atom. The van der Waals surface area contributed by atoms with E-state index in [2.05, 4.69) is 25.8 Å². The van der Waals surface area contributed by atoms with Crippen LogP contribution in [0.2, 0.25) is 0 Å². The lowest BCUT2D eigenvalue weighted by molar-refractivity contribution is 0.0874. The number of aliphatic hydroxyl groups is 2. The van der Waals surface area contributed by atoms with Gasteiger partial charge in [-0.3, -0.25) is 0 Å². The van der Waals surface area contributed by atoms with Gasteiger partial charge in [-0.05, 0) is 43.5 Å². The molecule has 8 heteroatoms. The molecule has 3 rings (SSSR count). The number of aryl methyl sites for hydroxylation is 1. The molecular weight excluding hydrogens is 338 g/mol. The number of anilines is 3. The van der Waals surface area contributed by atoms with Gasteiger partial charge in [-0.25, -0.2) is 4.98 Å². The van der Waals surface area contributed by atoms with Crippen LogP contribution in [-0.2, 0) is 0 Å². The molecule has 0 bridgehead atoms. The number of nitrogens with one attached hydrogen (secondary N) is 2. The molecule has 132 valence electrons. The molecular formula is C17H21N5O2S. The second-order valence-corrected chi connectivity index (χ2v) is 6.81. The smallest absolute Gasteiger partial charge is 0.189 e. The fourth-order valence-corrected chi connectivity index (χ4v) is 3.23. The van der Waals surface area contributed by atoms with Gasteiger partial charge in [0.15, 0.2) is 10.9 Å². The molecule has 1 atom stereocenters. The van der Waals surface area contributed by atoms with Crippen LogP contribution in [0.15, 0.2) is 30.3 Å². The highest BCUT2D eigenvalue weighted by atomic mass is 32.1. The summed E-state index contributed by atoms with van der Waals surface area (Å²) in [5.41, 5.74) is 1.93. The quantitative estimate of drug-likeness (QED) is 0.459. The number of hydrogen-bond donors (Lipinski definition) is 4. The predicted octanol–water partition coefficient (Wildman–Crippen LogP) is 2.68. The molecule has 3 aromatic rings. The van der Waals surface area contributed by atoms with E-state index in [1.807, 2.05) is 37.3 Å². The van der Waals surface area contributed by atoms with E-state index in [1.165, 1.54) is 0 Å². The Morgan fingerprint density at radius 1 is 1.24 bits per heavy atom. The van der Waals surface area contributed by atoms with E-state index in [-0.39, 0.29) is 6.61 Å². The van der Waals surface area contributed by atoms with Crippen molar-refractivity contribution in [2.45, 2.75) is 25.9 Å². The van der Waals surface area contributed by atoms with Crippen LogP contribution >= 0.6 is 11.3 Å². The van der Waals surface area contributed by atoms with Crippen LogP contribution in [-0.4, -0.2) is 44.7 Å². The van der Waals surface area contributed by atoms with Crippen LogP contribution in [0.1, 0.15) is 18.4 Å². The fraction of sp³-hybridized carbons (Fsp3) is 0.353. The molecule has 7 nitrogen and oxygen atoms in total. The molecule has 0 amide bonds. The van der Waals surface area contributed by atoms with Gasteiger partial charge in [0.2, 0.25) is 0 Å². The minimum absolute atomic E-state index is 0.203. The van der Waals surface area contributed by atoms with Crippen molar-refractivity contribution < 1.29 is 10.2 Å². The molecule has 4 N–H and O–H groups in total. The first-order valence-corrected chi connectivity index (χ1v) is 8.97. The molecule has 0 aliphatic carbocycles. The maximum atomic E-state index is 9.31. The standard InChI is InChI=1S/C17H21N5O2S/c1-11-9-15(18-8-4-5-12(24)10-23)21-22-16(11)20-17-19-13-6-2-3-7-14(13)25-17/h2-3,6-7,9,12,23-24H,4-5,8,10H2,1H3,(H,18,21)(H,19,20,22). The van der Waals surface area contributed by atoms with E-state index in [4.69, 9.17) is 5.11 Å². The molecule has 25 heavy (non-hydrogen) atoms. The van der Waals surface area contributed by atoms with Crippen molar-refractivity contribution >= 4 is 38.3 Å². The summed E-state index contributed by atoms with van der Waals surface area (Å²) in [4.78, 5) is 4.54. The summed E-state index contributed by atoms with van der Waals surface area (Å²) in [6.07, 6.45) is 0.636. The van der Waals surface area contributed by atoms with Crippen LogP contribution in [0.4, 0.5) is 16.8 Å². The van der Waals surface area contributed by atoms with Crippen LogP contribution < -0.4 is 10.6 Å². The Morgan fingerprint density at radius 2 is 2.08 bits per heavy atom. The van der Waals surface area contributed by atoms with E-state index < -0.39 is 6.10 Å². The average Bonchev–Trinajstić information content (AvgIpc) is 3.03. The largest absolute Gasteiger partial charge is 0.394 e. The van der Waals surface area contributed by atoms with Gasteiger partial charge in [0.1, 0.15) is 5.82 Å². The van der Waals surface area contributed by atoms with Gasteiger partial charge in [-0.1, -0.05) is 23.5 Å². The lowest BCUT2D eigenvalue weighted by Crippen LogP contribution is -2.14. The number of para-hydroxylation sites is 1. The summed E-state index contributed by atoms with van der Waals surface area (Å²) in [6.45, 7) is 2.42. The summed E-state index contributed by atoms with van der Waals surface area (Å²) in [5, 5.41) is 33.7. The van der Waals surface area contributed by atoms with Crippen LogP contribution in [0.3, 0.4) is 0 Å². The van der Waals surface area contributed by atoms with Crippen LogP contribution in [0.25, 0.3) is 10.2 Å². The highest BCUT2D eigenvalue weighted by molar-refractivity contribution is 7.22. The van der Waals surface area contributed by atoms with Crippen molar-refractivity contribution in [3.63, 3.8) is 0 Å². The maximum Gasteiger partial charge on any atom is 0.189 e. The third kappa shape index (κ3) is 4.62. The van der Waals surface area contributed by atoms with E-state index in [0.29, 0.717) is 24.6 Å². The first-order valence-electron chi connectivity index (χ1n) is 8.15. The Hall–Kier alpha value is -2.29. The average molecular weight is 359 g/mol. The molecule has 2 aromatic heterocycles. The number of aromatic nitrogens is 3. The monoisotopic (exact) mass is 359 g/mol. The Kier molecular flexibility index (Phi) is 5.75. The van der Waals surface area contributed by atoms with Crippen molar-refractivity contribution in [3.05, 3.63) is 35.9 Å². The molecule has 0 aliphatic heterocycles. The molecule has 0 fully saturated rings. The number of fused-ring (bicyclic) bond motifs is 1. The van der Waals surface area contributed by atoms with E-state index in [9.17, 15) is 5.11 Å². The van der Waals surface area contributed by atoms with Crippen molar-refractivity contribution in [1.29, 1.82) is 0 Å². The van der Waals surface area contributed by atoms with Gasteiger partial charge in [0.05, 0.1) is 22.9 Å². The summed E-state index contributed by atoms with van der Waals surface area (Å²) in [7, 11) is 0. The summed E-state index contributed by atoms with van der Waals surface area (Å²) < 4.78 is 1.12. The third-order valence-electron chi connectivity index (χ3n) is 3.73. The third-order valence-corrected chi connectivity index (χ3v) is 4.69. The number of hydrogen-bond acceptors (Lipinski definition) is 8. The van der Waals surface area contributed by atoms with E-state index in [1.54, 1.807) is 11.3 Å². The molecule has 0 aliphatic rings. The molecule has 1 aromatic carbocycles. The number of nitrogens with zero attached hydrogens (tertiary/aromatic N) is 3. The van der Waals surface area contributed by atoms with Crippen molar-refractivity contribution in [1.82, 2.24) is 15.2 Å². The predicted molar refractivity (Wildman–Crippen MR) is 100 cm³/mol. The normalized spacial score (nSPS) is 12.3. The molecule has 1 unspecified atom stereocenters. The second kappa shape index (κ2) is 8.19. The first kappa shape index (κ1) is 17.5. The highest BCUT2D eigenvalue weighted by Gasteiger charge is 2.08. The lowest BCUT2D eigenvalue weighted by Gasteiger charge is -2.10.